The van der Waals surface area contributed by atoms with Gasteiger partial charge in [0.1, 0.15) is 6.04 Å². The summed E-state index contributed by atoms with van der Waals surface area (Å²) < 4.78 is 1.63. The zero-order chi connectivity index (χ0) is 14.3. The summed E-state index contributed by atoms with van der Waals surface area (Å²) in [6.45, 7) is 1.78. The van der Waals surface area contributed by atoms with Crippen molar-refractivity contribution in [3.8, 4) is 0 Å². The SMILES string of the molecule is Cn1cc(C(N)C(=O)N2CCN3C(=O)CCC3C2)cn1. The second-order valence-electron chi connectivity index (χ2n) is 5.49. The van der Waals surface area contributed by atoms with Crippen LogP contribution in [0, 0.1) is 0 Å². The molecule has 0 radical (unpaired) electrons. The molecule has 0 aromatic carbocycles. The van der Waals surface area contributed by atoms with Crippen LogP contribution in [-0.2, 0) is 16.6 Å². The van der Waals surface area contributed by atoms with Crippen LogP contribution >= 0.6 is 0 Å². The monoisotopic (exact) mass is 277 g/mol. The number of carbonyl (C=O) groups is 2. The van der Waals surface area contributed by atoms with E-state index in [1.807, 2.05) is 4.90 Å². The van der Waals surface area contributed by atoms with Gasteiger partial charge < -0.3 is 15.5 Å². The standard InChI is InChI=1S/C13H19N5O2/c1-16-7-9(6-15-16)12(14)13(20)17-4-5-18-10(8-17)2-3-11(18)19/h6-7,10,12H,2-5,8,14H2,1H3. The van der Waals surface area contributed by atoms with Gasteiger partial charge in [-0.05, 0) is 6.42 Å². The van der Waals surface area contributed by atoms with Crippen molar-refractivity contribution in [1.29, 1.82) is 0 Å². The van der Waals surface area contributed by atoms with Gasteiger partial charge in [0.2, 0.25) is 11.8 Å². The van der Waals surface area contributed by atoms with Gasteiger partial charge in [-0.15, -0.1) is 0 Å². The number of rotatable bonds is 2. The minimum Gasteiger partial charge on any atom is -0.337 e. The van der Waals surface area contributed by atoms with Crippen LogP contribution in [0.3, 0.4) is 0 Å². The Hall–Kier alpha value is -1.89. The Morgan fingerprint density at radius 2 is 2.30 bits per heavy atom. The van der Waals surface area contributed by atoms with E-state index < -0.39 is 6.04 Å². The van der Waals surface area contributed by atoms with Crippen LogP contribution in [0.2, 0.25) is 0 Å². The summed E-state index contributed by atoms with van der Waals surface area (Å²) in [6, 6.07) is -0.506. The Kier molecular flexibility index (Phi) is 3.21. The minimum absolute atomic E-state index is 0.0861. The summed E-state index contributed by atoms with van der Waals surface area (Å²) in [5.41, 5.74) is 6.75. The van der Waals surface area contributed by atoms with Gasteiger partial charge in [-0.3, -0.25) is 14.3 Å². The Balaban J connectivity index is 1.67. The van der Waals surface area contributed by atoms with E-state index >= 15 is 0 Å². The Morgan fingerprint density at radius 3 is 3.00 bits per heavy atom. The summed E-state index contributed by atoms with van der Waals surface area (Å²) in [5.74, 6) is 0.121. The van der Waals surface area contributed by atoms with Crippen molar-refractivity contribution in [2.24, 2.45) is 12.8 Å². The summed E-state index contributed by atoms with van der Waals surface area (Å²) in [7, 11) is 1.80. The van der Waals surface area contributed by atoms with Gasteiger partial charge in [-0.2, -0.15) is 5.10 Å². The Morgan fingerprint density at radius 1 is 1.50 bits per heavy atom. The molecular formula is C13H19N5O2. The van der Waals surface area contributed by atoms with Crippen LogP contribution in [0.15, 0.2) is 12.4 Å². The highest BCUT2D eigenvalue weighted by atomic mass is 16.2. The smallest absolute Gasteiger partial charge is 0.244 e. The average Bonchev–Trinajstić information content (AvgIpc) is 3.04. The molecule has 2 amide bonds. The molecule has 0 aliphatic carbocycles. The zero-order valence-corrected chi connectivity index (χ0v) is 11.5. The maximum absolute atomic E-state index is 12.4. The summed E-state index contributed by atoms with van der Waals surface area (Å²) in [5, 5.41) is 4.04. The number of aromatic nitrogens is 2. The molecule has 20 heavy (non-hydrogen) atoms. The van der Waals surface area contributed by atoms with Gasteiger partial charge in [-0.1, -0.05) is 0 Å². The predicted molar refractivity (Wildman–Crippen MR) is 71.5 cm³/mol. The first-order chi connectivity index (χ1) is 9.56. The first-order valence-corrected chi connectivity index (χ1v) is 6.88. The van der Waals surface area contributed by atoms with E-state index in [-0.39, 0.29) is 17.9 Å². The highest BCUT2D eigenvalue weighted by Gasteiger charge is 2.38. The number of nitrogens with two attached hydrogens (primary N) is 1. The molecular weight excluding hydrogens is 258 g/mol. The molecule has 0 spiro atoms. The lowest BCUT2D eigenvalue weighted by molar-refractivity contribution is -0.140. The summed E-state index contributed by atoms with van der Waals surface area (Å²) >= 11 is 0. The molecule has 2 N–H and O–H groups in total. The molecule has 2 aliphatic heterocycles. The molecule has 0 bridgehead atoms. The van der Waals surface area contributed by atoms with Crippen LogP contribution < -0.4 is 5.73 Å². The molecule has 2 fully saturated rings. The molecule has 7 heteroatoms. The highest BCUT2D eigenvalue weighted by molar-refractivity contribution is 5.84. The zero-order valence-electron chi connectivity index (χ0n) is 11.5. The predicted octanol–water partition coefficient (Wildman–Crippen LogP) is -0.747. The lowest BCUT2D eigenvalue weighted by Gasteiger charge is -2.38. The van der Waals surface area contributed by atoms with E-state index in [1.165, 1.54) is 0 Å². The number of aryl methyl sites for hydroxylation is 1. The molecule has 1 aromatic rings. The van der Waals surface area contributed by atoms with E-state index in [1.54, 1.807) is 29.0 Å². The summed E-state index contributed by atoms with van der Waals surface area (Å²) in [6.07, 6.45) is 4.82. The maximum atomic E-state index is 12.4. The van der Waals surface area contributed by atoms with E-state index in [9.17, 15) is 9.59 Å². The van der Waals surface area contributed by atoms with Crippen molar-refractivity contribution >= 4 is 11.8 Å². The topological polar surface area (TPSA) is 84.5 Å². The van der Waals surface area contributed by atoms with Crippen molar-refractivity contribution in [3.05, 3.63) is 18.0 Å². The number of hydrogen-bond acceptors (Lipinski definition) is 4. The van der Waals surface area contributed by atoms with Crippen LogP contribution in [0.4, 0.5) is 0 Å². The van der Waals surface area contributed by atoms with Crippen LogP contribution in [-0.4, -0.2) is 57.1 Å². The number of carbonyl (C=O) groups excluding carboxylic acids is 2. The molecule has 108 valence electrons. The van der Waals surface area contributed by atoms with Gasteiger partial charge in [0.05, 0.1) is 6.20 Å². The second-order valence-corrected chi connectivity index (χ2v) is 5.49. The van der Waals surface area contributed by atoms with Gasteiger partial charge in [0.15, 0.2) is 0 Å². The maximum Gasteiger partial charge on any atom is 0.244 e. The number of fused-ring (bicyclic) bond motifs is 1. The molecule has 2 atom stereocenters. The molecule has 2 aliphatic rings. The van der Waals surface area contributed by atoms with Crippen molar-refractivity contribution in [3.63, 3.8) is 0 Å². The quantitative estimate of drug-likeness (QED) is 0.771. The normalized spacial score (nSPS) is 23.9. The molecule has 2 saturated heterocycles. The largest absolute Gasteiger partial charge is 0.337 e. The van der Waals surface area contributed by atoms with Gasteiger partial charge in [-0.25, -0.2) is 0 Å². The van der Waals surface area contributed by atoms with Crippen molar-refractivity contribution in [2.75, 3.05) is 19.6 Å². The number of amides is 2. The fourth-order valence-electron chi connectivity index (χ4n) is 3.00. The summed E-state index contributed by atoms with van der Waals surface area (Å²) in [4.78, 5) is 27.7. The fraction of sp³-hybridized carbons (Fsp3) is 0.615. The second kappa shape index (κ2) is 4.90. The van der Waals surface area contributed by atoms with Gasteiger partial charge >= 0.3 is 0 Å². The third-order valence-electron chi connectivity index (χ3n) is 4.16. The number of hydrogen-bond donors (Lipinski definition) is 1. The van der Waals surface area contributed by atoms with Crippen LogP contribution in [0.25, 0.3) is 0 Å². The molecule has 1 aromatic heterocycles. The third kappa shape index (κ3) is 2.18. The Labute approximate surface area is 117 Å². The lowest BCUT2D eigenvalue weighted by atomic mass is 10.1. The first-order valence-electron chi connectivity index (χ1n) is 6.88. The van der Waals surface area contributed by atoms with E-state index in [4.69, 9.17) is 5.73 Å². The molecule has 3 rings (SSSR count). The average molecular weight is 277 g/mol. The Bertz CT molecular complexity index is 541. The van der Waals surface area contributed by atoms with Crippen LogP contribution in [0.1, 0.15) is 24.4 Å². The van der Waals surface area contributed by atoms with E-state index in [0.717, 1.165) is 12.0 Å². The highest BCUT2D eigenvalue weighted by Crippen LogP contribution is 2.24. The molecule has 0 saturated carbocycles. The van der Waals surface area contributed by atoms with E-state index in [2.05, 4.69) is 5.10 Å². The number of nitrogens with zero attached hydrogens (tertiary/aromatic N) is 4. The lowest BCUT2D eigenvalue weighted by Crippen LogP contribution is -2.54. The molecule has 3 heterocycles. The third-order valence-corrected chi connectivity index (χ3v) is 4.16. The molecule has 2 unspecified atom stereocenters. The number of piperazine rings is 1. The van der Waals surface area contributed by atoms with E-state index in [0.29, 0.717) is 26.1 Å². The van der Waals surface area contributed by atoms with Crippen molar-refractivity contribution < 1.29 is 9.59 Å². The van der Waals surface area contributed by atoms with Crippen molar-refractivity contribution in [1.82, 2.24) is 19.6 Å². The molecule has 7 nitrogen and oxygen atoms in total. The van der Waals surface area contributed by atoms with Crippen molar-refractivity contribution in [2.45, 2.75) is 24.9 Å². The fourth-order valence-corrected chi connectivity index (χ4v) is 3.00. The van der Waals surface area contributed by atoms with Gasteiger partial charge in [0.25, 0.3) is 0 Å². The first kappa shape index (κ1) is 13.1. The minimum atomic E-state index is -0.674. The van der Waals surface area contributed by atoms with Crippen LogP contribution in [0.5, 0.6) is 0 Å². The van der Waals surface area contributed by atoms with Gasteiger partial charge in [0, 0.05) is 50.9 Å².